The molecule has 1 aromatic carbocycles. The van der Waals surface area contributed by atoms with E-state index in [0.29, 0.717) is 19.0 Å². The summed E-state index contributed by atoms with van der Waals surface area (Å²) < 4.78 is 5.18. The number of nitrogens with zero attached hydrogens (tertiary/aromatic N) is 1. The van der Waals surface area contributed by atoms with Crippen LogP contribution in [0.3, 0.4) is 0 Å². The van der Waals surface area contributed by atoms with Crippen LogP contribution in [0.15, 0.2) is 24.3 Å². The summed E-state index contributed by atoms with van der Waals surface area (Å²) in [7, 11) is 1.64. The number of carbonyl (C=O) groups excluding carboxylic acids is 1. The maximum atomic E-state index is 12.3. The third-order valence-corrected chi connectivity index (χ3v) is 3.40. The molecule has 0 saturated heterocycles. The highest BCUT2D eigenvalue weighted by Crippen LogP contribution is 2.27. The molecule has 0 bridgehead atoms. The normalized spacial score (nSPS) is 14.2. The van der Waals surface area contributed by atoms with Crippen molar-refractivity contribution >= 4 is 5.91 Å². The van der Waals surface area contributed by atoms with Gasteiger partial charge in [-0.15, -0.1) is 0 Å². The van der Waals surface area contributed by atoms with Gasteiger partial charge < -0.3 is 15.4 Å². The van der Waals surface area contributed by atoms with Gasteiger partial charge in [0, 0.05) is 12.6 Å². The molecular formula is C15H22N2O2. The van der Waals surface area contributed by atoms with E-state index in [2.05, 4.69) is 0 Å². The van der Waals surface area contributed by atoms with Gasteiger partial charge >= 0.3 is 0 Å². The lowest BCUT2D eigenvalue weighted by atomic mass is 10.1. The molecule has 0 aliphatic heterocycles. The van der Waals surface area contributed by atoms with E-state index in [1.54, 1.807) is 7.11 Å². The topological polar surface area (TPSA) is 55.6 Å². The van der Waals surface area contributed by atoms with E-state index in [0.717, 1.165) is 37.1 Å². The average molecular weight is 262 g/mol. The number of hydrogen-bond acceptors (Lipinski definition) is 3. The van der Waals surface area contributed by atoms with Crippen molar-refractivity contribution in [1.82, 2.24) is 4.90 Å². The van der Waals surface area contributed by atoms with E-state index in [-0.39, 0.29) is 5.91 Å². The molecule has 1 saturated carbocycles. The lowest BCUT2D eigenvalue weighted by molar-refractivity contribution is -0.131. The van der Waals surface area contributed by atoms with Gasteiger partial charge in [0.1, 0.15) is 5.75 Å². The third-order valence-electron chi connectivity index (χ3n) is 3.40. The first kappa shape index (κ1) is 13.9. The molecule has 4 heteroatoms. The largest absolute Gasteiger partial charge is 0.497 e. The van der Waals surface area contributed by atoms with Crippen LogP contribution >= 0.6 is 0 Å². The zero-order chi connectivity index (χ0) is 13.7. The molecular weight excluding hydrogens is 240 g/mol. The van der Waals surface area contributed by atoms with Crippen molar-refractivity contribution in [3.63, 3.8) is 0 Å². The van der Waals surface area contributed by atoms with Crippen LogP contribution in [0.25, 0.3) is 0 Å². The zero-order valence-electron chi connectivity index (χ0n) is 11.5. The van der Waals surface area contributed by atoms with Crippen molar-refractivity contribution in [3.8, 4) is 5.75 Å². The van der Waals surface area contributed by atoms with Crippen molar-refractivity contribution in [2.45, 2.75) is 31.7 Å². The van der Waals surface area contributed by atoms with Gasteiger partial charge in [-0.2, -0.15) is 0 Å². The van der Waals surface area contributed by atoms with Gasteiger partial charge in [-0.1, -0.05) is 12.1 Å². The molecule has 0 spiro atoms. The van der Waals surface area contributed by atoms with Gasteiger partial charge in [-0.3, -0.25) is 4.79 Å². The van der Waals surface area contributed by atoms with Crippen LogP contribution in [0.5, 0.6) is 5.75 Å². The van der Waals surface area contributed by atoms with Gasteiger partial charge in [0.15, 0.2) is 0 Å². The van der Waals surface area contributed by atoms with Crippen molar-refractivity contribution in [1.29, 1.82) is 0 Å². The van der Waals surface area contributed by atoms with Crippen molar-refractivity contribution in [2.24, 2.45) is 5.73 Å². The molecule has 1 aliphatic carbocycles. The molecule has 0 heterocycles. The second kappa shape index (κ2) is 6.57. The molecule has 0 radical (unpaired) electrons. The zero-order valence-corrected chi connectivity index (χ0v) is 11.5. The van der Waals surface area contributed by atoms with Gasteiger partial charge in [0.25, 0.3) is 0 Å². The Bertz CT molecular complexity index is 430. The Labute approximate surface area is 114 Å². The summed E-state index contributed by atoms with van der Waals surface area (Å²) in [5, 5.41) is 0. The molecule has 1 fully saturated rings. The SMILES string of the molecule is COc1cccc(CC(=O)N(CCCN)C2CC2)c1. The summed E-state index contributed by atoms with van der Waals surface area (Å²) in [6, 6.07) is 8.15. The van der Waals surface area contributed by atoms with Crippen LogP contribution in [-0.4, -0.2) is 37.0 Å². The Kier molecular flexibility index (Phi) is 4.80. The predicted octanol–water partition coefficient (Wildman–Crippen LogP) is 1.58. The fourth-order valence-electron chi connectivity index (χ4n) is 2.22. The number of ether oxygens (including phenoxy) is 1. The monoisotopic (exact) mass is 262 g/mol. The predicted molar refractivity (Wildman–Crippen MR) is 75.1 cm³/mol. The summed E-state index contributed by atoms with van der Waals surface area (Å²) in [6.45, 7) is 1.42. The third kappa shape index (κ3) is 3.96. The van der Waals surface area contributed by atoms with E-state index in [1.807, 2.05) is 29.2 Å². The van der Waals surface area contributed by atoms with Crippen molar-refractivity contribution in [3.05, 3.63) is 29.8 Å². The molecule has 1 aliphatic rings. The van der Waals surface area contributed by atoms with E-state index in [4.69, 9.17) is 10.5 Å². The molecule has 1 aromatic rings. The van der Waals surface area contributed by atoms with Gasteiger partial charge in [-0.05, 0) is 43.5 Å². The first-order chi connectivity index (χ1) is 9.24. The second-order valence-electron chi connectivity index (χ2n) is 4.99. The Morgan fingerprint density at radius 3 is 2.89 bits per heavy atom. The molecule has 0 atom stereocenters. The highest BCUT2D eigenvalue weighted by molar-refractivity contribution is 5.79. The number of hydrogen-bond donors (Lipinski definition) is 1. The van der Waals surface area contributed by atoms with Crippen molar-refractivity contribution < 1.29 is 9.53 Å². The summed E-state index contributed by atoms with van der Waals surface area (Å²) in [5.41, 5.74) is 6.54. The van der Waals surface area contributed by atoms with Crippen molar-refractivity contribution in [2.75, 3.05) is 20.2 Å². The van der Waals surface area contributed by atoms with E-state index in [9.17, 15) is 4.79 Å². The number of amides is 1. The van der Waals surface area contributed by atoms with Crippen LogP contribution in [0, 0.1) is 0 Å². The minimum absolute atomic E-state index is 0.198. The van der Waals surface area contributed by atoms with Crippen LogP contribution in [0.4, 0.5) is 0 Å². The molecule has 2 N–H and O–H groups in total. The maximum absolute atomic E-state index is 12.3. The minimum Gasteiger partial charge on any atom is -0.497 e. The number of rotatable bonds is 7. The first-order valence-electron chi connectivity index (χ1n) is 6.87. The summed E-state index contributed by atoms with van der Waals surface area (Å²) in [5.74, 6) is 0.995. The molecule has 0 aromatic heterocycles. The molecule has 4 nitrogen and oxygen atoms in total. The van der Waals surface area contributed by atoms with Gasteiger partial charge in [0.05, 0.1) is 13.5 Å². The van der Waals surface area contributed by atoms with E-state index in [1.165, 1.54) is 0 Å². The summed E-state index contributed by atoms with van der Waals surface area (Å²) in [6.07, 6.45) is 3.58. The highest BCUT2D eigenvalue weighted by Gasteiger charge is 2.31. The fraction of sp³-hybridized carbons (Fsp3) is 0.533. The quantitative estimate of drug-likeness (QED) is 0.811. The molecule has 19 heavy (non-hydrogen) atoms. The van der Waals surface area contributed by atoms with Gasteiger partial charge in [-0.25, -0.2) is 0 Å². The molecule has 2 rings (SSSR count). The Morgan fingerprint density at radius 2 is 2.26 bits per heavy atom. The van der Waals surface area contributed by atoms with Gasteiger partial charge in [0.2, 0.25) is 5.91 Å². The summed E-state index contributed by atoms with van der Waals surface area (Å²) in [4.78, 5) is 14.3. The average Bonchev–Trinajstić information content (AvgIpc) is 3.24. The smallest absolute Gasteiger partial charge is 0.227 e. The lowest BCUT2D eigenvalue weighted by Crippen LogP contribution is -2.36. The number of carbonyl (C=O) groups is 1. The maximum Gasteiger partial charge on any atom is 0.227 e. The van der Waals surface area contributed by atoms with E-state index >= 15 is 0 Å². The number of nitrogens with two attached hydrogens (primary N) is 1. The number of methoxy groups -OCH3 is 1. The minimum atomic E-state index is 0.198. The summed E-state index contributed by atoms with van der Waals surface area (Å²) >= 11 is 0. The molecule has 104 valence electrons. The Hall–Kier alpha value is -1.55. The standard InChI is InChI=1S/C15H22N2O2/c1-19-14-5-2-4-12(10-14)11-15(18)17(9-3-8-16)13-6-7-13/h2,4-5,10,13H,3,6-9,11,16H2,1H3. The number of benzene rings is 1. The molecule has 0 unspecified atom stereocenters. The highest BCUT2D eigenvalue weighted by atomic mass is 16.5. The second-order valence-corrected chi connectivity index (χ2v) is 4.99. The lowest BCUT2D eigenvalue weighted by Gasteiger charge is -2.22. The van der Waals surface area contributed by atoms with Crippen LogP contribution in [-0.2, 0) is 11.2 Å². The van der Waals surface area contributed by atoms with Crippen LogP contribution in [0.1, 0.15) is 24.8 Å². The first-order valence-corrected chi connectivity index (χ1v) is 6.87. The van der Waals surface area contributed by atoms with Crippen LogP contribution in [0.2, 0.25) is 0 Å². The molecule has 1 amide bonds. The fourth-order valence-corrected chi connectivity index (χ4v) is 2.22. The Balaban J connectivity index is 1.97. The van der Waals surface area contributed by atoms with E-state index < -0.39 is 0 Å². The Morgan fingerprint density at radius 1 is 1.47 bits per heavy atom. The van der Waals surface area contributed by atoms with Crippen LogP contribution < -0.4 is 10.5 Å².